The van der Waals surface area contributed by atoms with Crippen LogP contribution in [0.1, 0.15) is 293 Å². The van der Waals surface area contributed by atoms with Crippen LogP contribution in [-0.4, -0.2) is 49.4 Å². The number of fused-ring (bicyclic) bond motifs is 6. The van der Waals surface area contributed by atoms with Crippen molar-refractivity contribution in [1.29, 1.82) is 0 Å². The molecule has 0 aliphatic rings. The first-order chi connectivity index (χ1) is 47.6. The smallest absolute Gasteiger partial charge is 0.272 e. The Labute approximate surface area is 675 Å². The maximum absolute atomic E-state index is 13.8. The molecule has 2 heterocycles. The van der Waals surface area contributed by atoms with E-state index < -0.39 is 8.07 Å². The summed E-state index contributed by atoms with van der Waals surface area (Å²) in [4.78, 5) is 0. The van der Waals surface area contributed by atoms with Gasteiger partial charge >= 0.3 is 0 Å². The normalized spacial score (nSPS) is 13.6. The topological polar surface area (TPSA) is 75.9 Å². The molecule has 584 valence electrons. The summed E-state index contributed by atoms with van der Waals surface area (Å²) in [5, 5.41) is 31.9. The van der Waals surface area contributed by atoms with Crippen molar-refractivity contribution in [3.63, 3.8) is 0 Å². The molecule has 0 fully saturated rings. The Morgan fingerprint density at radius 2 is 0.509 bits per heavy atom. The van der Waals surface area contributed by atoms with Gasteiger partial charge in [-0.15, -0.1) is 0 Å². The van der Waals surface area contributed by atoms with Gasteiger partial charge in [-0.25, -0.2) is 0 Å². The third kappa shape index (κ3) is 17.8. The van der Waals surface area contributed by atoms with Gasteiger partial charge in [0.1, 0.15) is 11.5 Å². The average Bonchev–Trinajstić information content (AvgIpc) is 1.02. The van der Waals surface area contributed by atoms with E-state index in [0.29, 0.717) is 12.5 Å². The van der Waals surface area contributed by atoms with Gasteiger partial charge in [-0.1, -0.05) is 260 Å². The molecule has 0 amide bonds. The van der Waals surface area contributed by atoms with Crippen molar-refractivity contribution in [2.24, 2.45) is 10.8 Å². The van der Waals surface area contributed by atoms with Crippen LogP contribution in [0.5, 0.6) is 23.0 Å². The summed E-state index contributed by atoms with van der Waals surface area (Å²) < 4.78 is 16.8. The molecule has 10 aromatic rings. The molecule has 0 aliphatic heterocycles. The molecule has 0 atom stereocenters. The zero-order valence-corrected chi connectivity index (χ0v) is 78.8. The van der Waals surface area contributed by atoms with Gasteiger partial charge in [0.25, 0.3) is 19.6 Å². The van der Waals surface area contributed by atoms with Gasteiger partial charge in [-0.05, 0) is 219 Å². The summed E-state index contributed by atoms with van der Waals surface area (Å²) in [6.45, 7) is 79.4. The summed E-state index contributed by atoms with van der Waals surface area (Å²) in [7, 11) is -2.85. The van der Waals surface area contributed by atoms with Crippen molar-refractivity contribution >= 4 is 51.7 Å². The van der Waals surface area contributed by atoms with Crippen LogP contribution in [0, 0.1) is 25.7 Å². The van der Waals surface area contributed by atoms with E-state index in [0.717, 1.165) is 80.0 Å². The molecule has 0 bridgehead atoms. The van der Waals surface area contributed by atoms with Crippen molar-refractivity contribution in [2.45, 2.75) is 302 Å². The second-order valence-corrected chi connectivity index (χ2v) is 49.6. The van der Waals surface area contributed by atoms with Crippen LogP contribution in [0.3, 0.4) is 0 Å². The fraction of sp³-hybridized carbons (Fsp3) is 0.500. The van der Waals surface area contributed by atoms with Crippen LogP contribution in [0.15, 0.2) is 133 Å². The molecule has 10 rings (SSSR count). The third-order valence-electron chi connectivity index (χ3n) is 23.4. The number of nitrogens with zero attached hydrogens (tertiary/aromatic N) is 2. The van der Waals surface area contributed by atoms with E-state index in [9.17, 15) is 10.2 Å². The summed E-state index contributed by atoms with van der Waals surface area (Å²) >= 11 is 0. The van der Waals surface area contributed by atoms with Crippen LogP contribution < -0.4 is 0 Å². The van der Waals surface area contributed by atoms with Gasteiger partial charge in [0, 0.05) is 70.6 Å². The summed E-state index contributed by atoms with van der Waals surface area (Å²) in [5.41, 5.74) is 17.7. The average molecular weight is 1640 g/mol. The summed E-state index contributed by atoms with van der Waals surface area (Å²) in [6.07, 6.45) is 3.01. The number of rotatable bonds is 14. The molecular weight excluding hydrogens is 1500 g/mol. The Morgan fingerprint density at radius 3 is 0.731 bits per heavy atom. The molecule has 108 heavy (non-hydrogen) atoms. The first-order valence-corrected chi connectivity index (χ1v) is 41.6. The van der Waals surface area contributed by atoms with Gasteiger partial charge in [0.2, 0.25) is 0 Å². The minimum atomic E-state index is -2.85. The number of hydrogen-bond donors (Lipinski definition) is 2. The van der Waals surface area contributed by atoms with Crippen molar-refractivity contribution in [2.75, 3.05) is 12.5 Å². The monoisotopic (exact) mass is 1640 g/mol. The molecule has 0 radical (unpaired) electrons. The molecule has 2 aromatic heterocycles. The molecule has 0 saturated heterocycles. The van der Waals surface area contributed by atoms with Crippen molar-refractivity contribution in [1.82, 2.24) is 9.13 Å². The molecule has 8 aromatic carbocycles. The second-order valence-electron chi connectivity index (χ2n) is 43.8. The predicted molar refractivity (Wildman–Crippen MR) is 473 cm³/mol. The van der Waals surface area contributed by atoms with E-state index in [1.807, 2.05) is 0 Å². The molecule has 8 heteroatoms. The Kier molecular flexibility index (Phi) is 24.4. The molecule has 0 unspecified atom stereocenters. The van der Waals surface area contributed by atoms with E-state index in [4.69, 9.17) is 9.47 Å². The molecule has 0 spiro atoms. The van der Waals surface area contributed by atoms with E-state index in [-0.39, 0.29) is 116 Å². The van der Waals surface area contributed by atoms with Crippen LogP contribution in [0.4, 0.5) is 0 Å². The Balaban J connectivity index is 0.00000541. The number of aromatic nitrogens is 2. The second kappa shape index (κ2) is 29.6. The first-order valence-electron chi connectivity index (χ1n) is 39.2. The van der Waals surface area contributed by atoms with Gasteiger partial charge < -0.3 is 43.7 Å². The van der Waals surface area contributed by atoms with Crippen molar-refractivity contribution in [3.05, 3.63) is 193 Å². The molecule has 6 nitrogen and oxygen atoms in total. The zero-order valence-electron chi connectivity index (χ0n) is 74.2. The van der Waals surface area contributed by atoms with E-state index in [1.165, 1.54) is 66.1 Å². The largest absolute Gasteiger partial charge is 0.585 e. The minimum Gasteiger partial charge on any atom is -0.585 e. The summed E-state index contributed by atoms with van der Waals surface area (Å²) in [6, 6.07) is 50.8. The first kappa shape index (κ1) is 88.9. The number of ether oxygens (including phenoxy) is 2. The van der Waals surface area contributed by atoms with Gasteiger partial charge in [0.15, 0.2) is 12.5 Å². The molecule has 0 saturated carbocycles. The predicted octanol–water partition coefficient (Wildman–Crippen LogP) is 29.0. The SMILES string of the molecule is CC(C)(C)CC(C)(C)c1cc(-c2cc(C(C)(C)C)ccc2[OH+]C[Si](C[OH+]c2ccc(C(C)(C)C)cc2-c2cc(C(C)(C)CC(C)(C)C)cc(-n3c4ccc(C(C)(C)C)cc4c4cc(C(C)(C)C)ccc43)c2O)(C(C)(C)C)C(C)(C)C)c(O)c(-n2c3ccc(C(C)(C)C)cc3c3cc(C(C)(C)C)ccc32)c1.[CH3-].[CH3-].[Hf]. The van der Waals surface area contributed by atoms with Crippen LogP contribution >= 0.6 is 0 Å². The minimum absolute atomic E-state index is 0. The van der Waals surface area contributed by atoms with Crippen LogP contribution in [0.2, 0.25) is 10.1 Å². The quantitative estimate of drug-likeness (QED) is 0.0647. The molecule has 0 aliphatic carbocycles. The number of aromatic hydroxyl groups is 4. The van der Waals surface area contributed by atoms with Crippen LogP contribution in [0.25, 0.3) is 77.2 Å². The zero-order chi connectivity index (χ0) is 78.5. The summed E-state index contributed by atoms with van der Waals surface area (Å²) in [5.74, 6) is 2.21. The maximum atomic E-state index is 13.8. The Hall–Kier alpha value is -6.35. The fourth-order valence-electron chi connectivity index (χ4n) is 17.3. The van der Waals surface area contributed by atoms with Gasteiger partial charge in [-0.3, -0.25) is 0 Å². The van der Waals surface area contributed by atoms with Crippen LogP contribution in [-0.2, 0) is 69.2 Å². The standard InChI is InChI=1S/C98H134N2O4Si.2CH3.Hf/c1-87(2,3)57-97(31,32)67-53-75(85(101)81(55-67)99-77-41-35-61(89(7,8)9)47-69(77)70-48-62(90(10,11)12)36-42-78(70)99)73-51-65(93(19,20)21)39-45-83(73)103-59-105(95(25,26)27,96(28,29)30)60-104-84-46-40-66(94(22,23)24)52-74(84)76-54-68(98(33,34)58-88(4,5)6)56-82(86(76)102)100-79-43-37-63(91(13,14)15)49-71(79)72-50-64(92(16,17)18)38-44-80(72)100;;;/h35-56,101-102H,57-60H2,1-34H3;2*1H3;/q;2*-1;/p+2. The Bertz CT molecular complexity index is 4500. The fourth-order valence-corrected chi connectivity index (χ4v) is 22.5. The molecule has 4 N–H and O–H groups in total. The van der Waals surface area contributed by atoms with E-state index >= 15 is 0 Å². The third-order valence-corrected chi connectivity index (χ3v) is 30.5. The van der Waals surface area contributed by atoms with Gasteiger partial charge in [0.05, 0.1) is 44.6 Å². The number of phenolic OH excluding ortho intramolecular Hbond substituents is 2. The van der Waals surface area contributed by atoms with Gasteiger partial charge in [-0.2, -0.15) is 0 Å². The number of aliphatic hydroxyl groups is 2. The van der Waals surface area contributed by atoms with Crippen molar-refractivity contribution < 1.29 is 45.5 Å². The van der Waals surface area contributed by atoms with Crippen molar-refractivity contribution in [3.8, 4) is 56.6 Å². The molecular formula is C100H142HfN2O4Si. The van der Waals surface area contributed by atoms with E-state index in [1.54, 1.807) is 0 Å². The number of benzene rings is 8. The van der Waals surface area contributed by atoms with E-state index in [2.05, 4.69) is 378 Å². The number of phenols is 2. The number of hydrogen-bond acceptors (Lipinski definition) is 2. The Morgan fingerprint density at radius 1 is 0.287 bits per heavy atom. The maximum Gasteiger partial charge on any atom is 0.272 e.